The number of carbonyl (C=O) groups is 2. The number of rotatable bonds is 1. The maximum Gasteiger partial charge on any atom is 0.390 e. The van der Waals surface area contributed by atoms with Crippen LogP contribution in [-0.4, -0.2) is 17.4 Å². The Balaban J connectivity index is 4.13. The van der Waals surface area contributed by atoms with E-state index in [2.05, 4.69) is 4.74 Å². The molecule has 0 aromatic rings. The second-order valence-electron chi connectivity index (χ2n) is 2.94. The maximum absolute atomic E-state index is 10.6. The lowest BCUT2D eigenvalue weighted by atomic mass is 10.2. The van der Waals surface area contributed by atoms with Crippen LogP contribution in [0.2, 0.25) is 0 Å². The van der Waals surface area contributed by atoms with E-state index in [1.165, 1.54) is 6.07 Å². The molecule has 0 aliphatic rings. The second kappa shape index (κ2) is 3.15. The minimum atomic E-state index is -1.17. The van der Waals surface area contributed by atoms with Crippen LogP contribution in [0, 0.1) is 11.3 Å². The molecule has 11 heavy (non-hydrogen) atoms. The Morgan fingerprint density at radius 2 is 1.82 bits per heavy atom. The van der Waals surface area contributed by atoms with Crippen molar-refractivity contribution in [2.45, 2.75) is 26.4 Å². The van der Waals surface area contributed by atoms with Crippen molar-refractivity contribution in [3.05, 3.63) is 0 Å². The van der Waals surface area contributed by atoms with Crippen LogP contribution in [0.15, 0.2) is 0 Å². The van der Waals surface area contributed by atoms with Crippen LogP contribution in [-0.2, 0) is 14.3 Å². The van der Waals surface area contributed by atoms with E-state index in [1.807, 2.05) is 0 Å². The maximum atomic E-state index is 10.6. The summed E-state index contributed by atoms with van der Waals surface area (Å²) in [4.78, 5) is 20.9. The fourth-order valence-electron chi connectivity index (χ4n) is 0.370. The number of hydrogen-bond donors (Lipinski definition) is 0. The van der Waals surface area contributed by atoms with Crippen LogP contribution in [0.3, 0.4) is 0 Å². The van der Waals surface area contributed by atoms with Crippen LogP contribution >= 0.6 is 0 Å². The predicted octanol–water partition coefficient (Wildman–Crippen LogP) is 0.421. The molecular weight excluding hydrogens is 146 g/mol. The Bertz CT molecular complexity index is 219. The van der Waals surface area contributed by atoms with Crippen molar-refractivity contribution >= 4 is 11.8 Å². The highest BCUT2D eigenvalue weighted by Gasteiger charge is 2.21. The quantitative estimate of drug-likeness (QED) is 0.312. The van der Waals surface area contributed by atoms with Crippen molar-refractivity contribution in [1.29, 1.82) is 5.26 Å². The van der Waals surface area contributed by atoms with Gasteiger partial charge in [0.25, 0.3) is 0 Å². The molecule has 0 aliphatic carbocycles. The molecule has 0 aliphatic heterocycles. The van der Waals surface area contributed by atoms with Gasteiger partial charge in [-0.2, -0.15) is 5.26 Å². The van der Waals surface area contributed by atoms with Crippen LogP contribution in [0.25, 0.3) is 0 Å². The lowest BCUT2D eigenvalue weighted by Crippen LogP contribution is -2.28. The van der Waals surface area contributed by atoms with Crippen LogP contribution in [0.1, 0.15) is 20.8 Å². The summed E-state index contributed by atoms with van der Waals surface area (Å²) in [6.45, 7) is 4.86. The van der Waals surface area contributed by atoms with Gasteiger partial charge in [-0.3, -0.25) is 4.79 Å². The zero-order chi connectivity index (χ0) is 9.07. The molecule has 0 atom stereocenters. The third-order valence-electron chi connectivity index (χ3n) is 0.686. The molecular formula is C7H9NO3. The van der Waals surface area contributed by atoms with Crippen molar-refractivity contribution in [1.82, 2.24) is 0 Å². The van der Waals surface area contributed by atoms with Gasteiger partial charge in [0, 0.05) is 0 Å². The van der Waals surface area contributed by atoms with Crippen molar-refractivity contribution in [2.24, 2.45) is 0 Å². The first kappa shape index (κ1) is 9.63. The lowest BCUT2D eigenvalue weighted by Gasteiger charge is -2.17. The fourth-order valence-corrected chi connectivity index (χ4v) is 0.370. The summed E-state index contributed by atoms with van der Waals surface area (Å²) < 4.78 is 4.58. The molecule has 0 bridgehead atoms. The summed E-state index contributed by atoms with van der Waals surface area (Å²) in [7, 11) is 0. The average Bonchev–Trinajstić information content (AvgIpc) is 1.82. The molecule has 4 nitrogen and oxygen atoms in total. The van der Waals surface area contributed by atoms with Crippen LogP contribution in [0.5, 0.6) is 0 Å². The summed E-state index contributed by atoms with van der Waals surface area (Å²) in [5.74, 6) is -2.26. The van der Waals surface area contributed by atoms with Gasteiger partial charge < -0.3 is 4.74 Å². The molecule has 0 saturated heterocycles. The summed E-state index contributed by atoms with van der Waals surface area (Å²) in [6.07, 6.45) is 0. The monoisotopic (exact) mass is 155 g/mol. The number of nitrogens with zero attached hydrogens (tertiary/aromatic N) is 1. The van der Waals surface area contributed by atoms with Gasteiger partial charge in [0.05, 0.1) is 0 Å². The summed E-state index contributed by atoms with van der Waals surface area (Å²) in [5.41, 5.74) is -0.719. The van der Waals surface area contributed by atoms with Gasteiger partial charge in [-0.25, -0.2) is 4.79 Å². The third kappa shape index (κ3) is 4.09. The zero-order valence-electron chi connectivity index (χ0n) is 6.67. The molecule has 0 N–H and O–H groups in total. The van der Waals surface area contributed by atoms with Crippen LogP contribution in [0.4, 0.5) is 0 Å². The van der Waals surface area contributed by atoms with Gasteiger partial charge in [-0.1, -0.05) is 0 Å². The Morgan fingerprint density at radius 3 is 2.09 bits per heavy atom. The molecule has 0 amide bonds. The molecule has 0 fully saturated rings. The molecule has 0 rings (SSSR count). The lowest BCUT2D eigenvalue weighted by molar-refractivity contribution is -0.160. The Hall–Kier alpha value is -1.37. The van der Waals surface area contributed by atoms with Gasteiger partial charge in [-0.05, 0) is 20.8 Å². The first-order valence-corrected chi connectivity index (χ1v) is 3.04. The first-order chi connectivity index (χ1) is 4.87. The van der Waals surface area contributed by atoms with E-state index in [0.717, 1.165) is 0 Å². The summed E-state index contributed by atoms with van der Waals surface area (Å²) >= 11 is 0. The number of Topliss-reactive ketones (excluding diaryl/α,β-unsaturated/α-hetero) is 1. The highest BCUT2D eigenvalue weighted by atomic mass is 16.6. The van der Waals surface area contributed by atoms with E-state index in [0.29, 0.717) is 0 Å². The Kier molecular flexibility index (Phi) is 2.76. The average molecular weight is 155 g/mol. The van der Waals surface area contributed by atoms with Gasteiger partial charge in [0.1, 0.15) is 5.60 Å². The molecule has 0 aromatic heterocycles. The van der Waals surface area contributed by atoms with E-state index < -0.39 is 17.4 Å². The van der Waals surface area contributed by atoms with Gasteiger partial charge >= 0.3 is 11.8 Å². The third-order valence-corrected chi connectivity index (χ3v) is 0.686. The normalized spacial score (nSPS) is 10.0. The second-order valence-corrected chi connectivity index (χ2v) is 2.94. The van der Waals surface area contributed by atoms with Crippen LogP contribution < -0.4 is 0 Å². The number of hydrogen-bond acceptors (Lipinski definition) is 4. The molecule has 4 heteroatoms. The topological polar surface area (TPSA) is 67.2 Å². The summed E-state index contributed by atoms with van der Waals surface area (Å²) in [5, 5.41) is 8.00. The van der Waals surface area contributed by atoms with E-state index in [4.69, 9.17) is 5.26 Å². The Labute approximate surface area is 64.8 Å². The molecule has 0 radical (unpaired) electrons. The summed E-state index contributed by atoms with van der Waals surface area (Å²) in [6, 6.07) is 1.17. The smallest absolute Gasteiger partial charge is 0.390 e. The van der Waals surface area contributed by atoms with E-state index in [-0.39, 0.29) is 0 Å². The minimum absolute atomic E-state index is 0.719. The predicted molar refractivity (Wildman–Crippen MR) is 36.5 cm³/mol. The van der Waals surface area contributed by atoms with Crippen molar-refractivity contribution in [2.75, 3.05) is 0 Å². The standard InChI is InChI=1S/C7H9NO3/c1-7(2,3)11-6(10)5(9)4-8/h1-3H3. The largest absolute Gasteiger partial charge is 0.453 e. The number of ketones is 1. The molecule has 0 aromatic carbocycles. The first-order valence-electron chi connectivity index (χ1n) is 3.04. The number of ether oxygens (including phenoxy) is 1. The fraction of sp³-hybridized carbons (Fsp3) is 0.571. The van der Waals surface area contributed by atoms with E-state index in [9.17, 15) is 9.59 Å². The van der Waals surface area contributed by atoms with E-state index in [1.54, 1.807) is 20.8 Å². The van der Waals surface area contributed by atoms with Gasteiger partial charge in [-0.15, -0.1) is 0 Å². The Morgan fingerprint density at radius 1 is 1.36 bits per heavy atom. The van der Waals surface area contributed by atoms with Gasteiger partial charge in [0.2, 0.25) is 0 Å². The highest BCUT2D eigenvalue weighted by molar-refractivity contribution is 6.40. The molecule has 0 spiro atoms. The zero-order valence-corrected chi connectivity index (χ0v) is 6.67. The number of nitriles is 1. The molecule has 0 saturated carbocycles. The SMILES string of the molecule is CC(C)(C)OC(=O)C(=O)C#N. The molecule has 0 unspecified atom stereocenters. The van der Waals surface area contributed by atoms with E-state index >= 15 is 0 Å². The van der Waals surface area contributed by atoms with Crippen molar-refractivity contribution < 1.29 is 14.3 Å². The van der Waals surface area contributed by atoms with Gasteiger partial charge in [0.15, 0.2) is 6.07 Å². The van der Waals surface area contributed by atoms with Crippen molar-refractivity contribution in [3.8, 4) is 6.07 Å². The molecule has 60 valence electrons. The minimum Gasteiger partial charge on any atom is -0.453 e. The molecule has 0 heterocycles. The number of esters is 1. The van der Waals surface area contributed by atoms with Crippen molar-refractivity contribution in [3.63, 3.8) is 0 Å². The highest BCUT2D eigenvalue weighted by Crippen LogP contribution is 2.06. The number of carbonyl (C=O) groups excluding carboxylic acids is 2.